The van der Waals surface area contributed by atoms with Gasteiger partial charge < -0.3 is 29.9 Å². The summed E-state index contributed by atoms with van der Waals surface area (Å²) < 4.78 is 79.4. The summed E-state index contributed by atoms with van der Waals surface area (Å²) in [7, 11) is 1.51. The van der Waals surface area contributed by atoms with Gasteiger partial charge in [-0.1, -0.05) is 0 Å². The molecular formula is C27H28F5N5O3. The van der Waals surface area contributed by atoms with Gasteiger partial charge in [-0.2, -0.15) is 0 Å². The number of nitrogens with zero attached hydrogens (tertiary/aromatic N) is 3. The molecule has 3 aromatic rings. The zero-order valence-corrected chi connectivity index (χ0v) is 21.6. The van der Waals surface area contributed by atoms with Crippen molar-refractivity contribution < 1.29 is 31.8 Å². The summed E-state index contributed by atoms with van der Waals surface area (Å²) in [6.07, 6.45) is 1.81. The molecule has 1 unspecified atom stereocenters. The first-order valence-electron chi connectivity index (χ1n) is 13.1. The molecule has 1 saturated heterocycles. The number of anilines is 4. The maximum Gasteiger partial charge on any atom is 0.301 e. The number of pyridine rings is 2. The number of aliphatic hydroxyl groups excluding tert-OH is 1. The summed E-state index contributed by atoms with van der Waals surface area (Å²) in [6, 6.07) is 5.04. The first-order chi connectivity index (χ1) is 19.0. The Morgan fingerprint density at radius 3 is 2.70 bits per heavy atom. The normalized spacial score (nSPS) is 23.6. The van der Waals surface area contributed by atoms with E-state index in [0.717, 1.165) is 6.20 Å². The van der Waals surface area contributed by atoms with Crippen LogP contribution in [0.25, 0.3) is 10.9 Å². The van der Waals surface area contributed by atoms with Crippen molar-refractivity contribution in [2.75, 3.05) is 41.8 Å². The number of aliphatic hydroxyl groups is 1. The number of nitrogens with one attached hydrogen (secondary N) is 2. The zero-order valence-electron chi connectivity index (χ0n) is 21.6. The number of piperidine rings is 1. The number of hydrogen-bond acceptors (Lipinski definition) is 7. The number of rotatable bonds is 5. The number of fused-ring (bicyclic) bond motifs is 3. The van der Waals surface area contributed by atoms with E-state index in [9.17, 15) is 31.9 Å². The van der Waals surface area contributed by atoms with Crippen molar-refractivity contribution >= 4 is 33.8 Å². The third-order valence-electron chi connectivity index (χ3n) is 8.03. The van der Waals surface area contributed by atoms with E-state index >= 15 is 0 Å². The van der Waals surface area contributed by atoms with Crippen LogP contribution in [0.1, 0.15) is 19.3 Å². The highest BCUT2D eigenvalue weighted by molar-refractivity contribution is 5.97. The van der Waals surface area contributed by atoms with Crippen LogP contribution in [0, 0.1) is 17.7 Å². The summed E-state index contributed by atoms with van der Waals surface area (Å²) in [5.74, 6) is -8.33. The van der Waals surface area contributed by atoms with Crippen molar-refractivity contribution in [2.24, 2.45) is 18.9 Å². The van der Waals surface area contributed by atoms with Gasteiger partial charge in [-0.05, 0) is 37.0 Å². The van der Waals surface area contributed by atoms with Gasteiger partial charge in [0.2, 0.25) is 5.75 Å². The Balaban J connectivity index is 1.35. The molecule has 2 fully saturated rings. The number of benzene rings is 1. The van der Waals surface area contributed by atoms with E-state index in [1.54, 1.807) is 23.1 Å². The molecule has 2 aromatic heterocycles. The highest BCUT2D eigenvalue weighted by Gasteiger charge is 2.51. The van der Waals surface area contributed by atoms with Crippen molar-refractivity contribution in [3.05, 3.63) is 46.6 Å². The average Bonchev–Trinajstić information content (AvgIpc) is 3.76. The molecule has 0 amide bonds. The van der Waals surface area contributed by atoms with Crippen molar-refractivity contribution in [1.82, 2.24) is 9.55 Å². The number of aryl methyl sites for hydroxylation is 1. The molecule has 2 aliphatic heterocycles. The van der Waals surface area contributed by atoms with E-state index in [1.165, 1.54) is 17.7 Å². The van der Waals surface area contributed by atoms with Gasteiger partial charge >= 0.3 is 5.92 Å². The topological polar surface area (TPSA) is 91.7 Å². The van der Waals surface area contributed by atoms with E-state index in [0.29, 0.717) is 29.4 Å². The van der Waals surface area contributed by atoms with Crippen molar-refractivity contribution in [2.45, 2.75) is 37.1 Å². The molecule has 214 valence electrons. The third-order valence-corrected chi connectivity index (χ3v) is 8.03. The number of aromatic nitrogens is 2. The molecule has 6 rings (SSSR count). The van der Waals surface area contributed by atoms with Crippen molar-refractivity contribution in [1.29, 1.82) is 0 Å². The van der Waals surface area contributed by atoms with Gasteiger partial charge in [0.1, 0.15) is 5.82 Å². The lowest BCUT2D eigenvalue weighted by atomic mass is 9.94. The Hall–Kier alpha value is -3.61. The van der Waals surface area contributed by atoms with Gasteiger partial charge in [-0.3, -0.25) is 4.79 Å². The molecule has 0 radical (unpaired) electrons. The van der Waals surface area contributed by atoms with Gasteiger partial charge in [0, 0.05) is 43.7 Å². The fraction of sp³-hybridized carbons (Fsp3) is 0.481. The van der Waals surface area contributed by atoms with Gasteiger partial charge in [0.05, 0.1) is 41.7 Å². The highest BCUT2D eigenvalue weighted by atomic mass is 19.3. The minimum Gasteiger partial charge on any atom is -0.480 e. The van der Waals surface area contributed by atoms with E-state index in [-0.39, 0.29) is 41.9 Å². The Morgan fingerprint density at radius 2 is 1.98 bits per heavy atom. The monoisotopic (exact) mass is 565 g/mol. The molecule has 40 heavy (non-hydrogen) atoms. The summed E-state index contributed by atoms with van der Waals surface area (Å²) in [5.41, 5.74) is 0.482. The van der Waals surface area contributed by atoms with Crippen LogP contribution in [0.2, 0.25) is 0 Å². The number of halogens is 5. The van der Waals surface area contributed by atoms with Crippen LogP contribution in [-0.4, -0.2) is 58.8 Å². The van der Waals surface area contributed by atoms with Crippen molar-refractivity contribution in [3.63, 3.8) is 0 Å². The van der Waals surface area contributed by atoms with Gasteiger partial charge in [0.25, 0.3) is 11.5 Å². The number of alkyl halides is 4. The lowest BCUT2D eigenvalue weighted by Crippen LogP contribution is -2.49. The summed E-state index contributed by atoms with van der Waals surface area (Å²) in [4.78, 5) is 18.6. The average molecular weight is 566 g/mol. The van der Waals surface area contributed by atoms with Crippen LogP contribution < -0.4 is 25.8 Å². The maximum atomic E-state index is 14.9. The Labute approximate surface area is 225 Å². The maximum absolute atomic E-state index is 14.9. The lowest BCUT2D eigenvalue weighted by molar-refractivity contribution is -0.0880. The second-order valence-corrected chi connectivity index (χ2v) is 10.8. The minimum absolute atomic E-state index is 0.0177. The van der Waals surface area contributed by atoms with E-state index < -0.39 is 54.8 Å². The first-order valence-corrected chi connectivity index (χ1v) is 13.1. The second kappa shape index (κ2) is 9.50. The minimum atomic E-state index is -3.18. The molecule has 13 heteroatoms. The predicted molar refractivity (Wildman–Crippen MR) is 140 cm³/mol. The molecule has 3 N–H and O–H groups in total. The van der Waals surface area contributed by atoms with Crippen LogP contribution >= 0.6 is 0 Å². The Bertz CT molecular complexity index is 1530. The summed E-state index contributed by atoms with van der Waals surface area (Å²) in [6.45, 7) is -1.77. The molecule has 3 aliphatic rings. The van der Waals surface area contributed by atoms with Crippen LogP contribution in [0.4, 0.5) is 44.8 Å². The number of ether oxygens (including phenoxy) is 1. The molecule has 1 aliphatic carbocycles. The molecule has 1 saturated carbocycles. The molecular weight excluding hydrogens is 537 g/mol. The van der Waals surface area contributed by atoms with Crippen molar-refractivity contribution in [3.8, 4) is 5.75 Å². The molecule has 2 atom stereocenters. The van der Waals surface area contributed by atoms with Crippen LogP contribution in [0.5, 0.6) is 5.75 Å². The summed E-state index contributed by atoms with van der Waals surface area (Å²) in [5, 5.41) is 15.7. The largest absolute Gasteiger partial charge is 0.480 e. The highest BCUT2D eigenvalue weighted by Crippen LogP contribution is 2.45. The molecule has 0 bridgehead atoms. The second-order valence-electron chi connectivity index (χ2n) is 10.8. The third kappa shape index (κ3) is 4.59. The van der Waals surface area contributed by atoms with E-state index in [1.807, 2.05) is 0 Å². The summed E-state index contributed by atoms with van der Waals surface area (Å²) >= 11 is 0. The Morgan fingerprint density at radius 1 is 1.20 bits per heavy atom. The van der Waals surface area contributed by atoms with Gasteiger partial charge in [-0.25, -0.2) is 26.9 Å². The fourth-order valence-electron chi connectivity index (χ4n) is 5.52. The van der Waals surface area contributed by atoms with E-state index in [2.05, 4.69) is 15.6 Å². The van der Waals surface area contributed by atoms with Crippen LogP contribution in [-0.2, 0) is 7.05 Å². The molecule has 1 aromatic carbocycles. The quantitative estimate of drug-likeness (QED) is 0.393. The first kappa shape index (κ1) is 26.6. The molecule has 8 nitrogen and oxygen atoms in total. The molecule has 4 heterocycles. The predicted octanol–water partition coefficient (Wildman–Crippen LogP) is 4.49. The standard InChI is InChI=1S/C27H28F5N5O3/c1-36-20-5-4-16(8-17(20)22-23(25(36)39)40-13-27(31,32)24(35-22)14-2-3-14)34-19-9-21(33-10-18(19)28)37-7-6-26(29,30)15(11-37)12-38/h4-5,8-10,14-15,24,35,38H,2-3,6-7,11-13H2,1H3,(H,33,34)/t15?,24-/m0/s1. The van der Waals surface area contributed by atoms with Crippen LogP contribution in [0.3, 0.4) is 0 Å². The van der Waals surface area contributed by atoms with Crippen LogP contribution in [0.15, 0.2) is 35.3 Å². The SMILES string of the molecule is Cn1c(=O)c2c(c3cc(Nc4cc(N5CCC(F)(F)C(CO)C5)ncc4F)ccc31)N[C@@H](C1CC1)C(F)(F)CO2. The lowest BCUT2D eigenvalue weighted by Gasteiger charge is -2.38. The Kier molecular flexibility index (Phi) is 6.32. The smallest absolute Gasteiger partial charge is 0.301 e. The van der Waals surface area contributed by atoms with Gasteiger partial charge in [0.15, 0.2) is 12.4 Å². The van der Waals surface area contributed by atoms with E-state index in [4.69, 9.17) is 4.74 Å². The fourth-order valence-corrected chi connectivity index (χ4v) is 5.52. The number of hydrogen-bond donors (Lipinski definition) is 3. The molecule has 0 spiro atoms. The zero-order chi connectivity index (χ0) is 28.4. The van der Waals surface area contributed by atoms with Gasteiger partial charge in [-0.15, -0.1) is 0 Å².